The van der Waals surface area contributed by atoms with Crippen LogP contribution in [0.1, 0.15) is 18.9 Å². The summed E-state index contributed by atoms with van der Waals surface area (Å²) in [5, 5.41) is 3.14. The van der Waals surface area contributed by atoms with Crippen LogP contribution in [0, 0.1) is 0 Å². The van der Waals surface area contributed by atoms with Crippen LogP contribution in [0.5, 0.6) is 0 Å². The normalized spacial score (nSPS) is 19.5. The molecule has 0 radical (unpaired) electrons. The molecule has 2 aliphatic rings. The average molecular weight is 365 g/mol. The molecule has 0 aromatic heterocycles. The Morgan fingerprint density at radius 2 is 1.78 bits per heavy atom. The van der Waals surface area contributed by atoms with Gasteiger partial charge < -0.3 is 19.9 Å². The molecule has 0 saturated carbocycles. The highest BCUT2D eigenvalue weighted by atomic mass is 16.5. The van der Waals surface area contributed by atoms with Gasteiger partial charge in [0.05, 0.1) is 31.1 Å². The number of fused-ring (bicyclic) bond motifs is 1. The van der Waals surface area contributed by atoms with Gasteiger partial charge in [0.25, 0.3) is 0 Å². The summed E-state index contributed by atoms with van der Waals surface area (Å²) in [7, 11) is 0. The van der Waals surface area contributed by atoms with Crippen LogP contribution in [-0.4, -0.2) is 44.8 Å². The molecule has 2 aliphatic heterocycles. The lowest BCUT2D eigenvalue weighted by Gasteiger charge is -2.36. The molecule has 2 heterocycles. The molecule has 1 amide bonds. The summed E-state index contributed by atoms with van der Waals surface area (Å²) in [5.74, 6) is 0.0271. The molecule has 1 fully saturated rings. The molecule has 1 atom stereocenters. The van der Waals surface area contributed by atoms with E-state index in [4.69, 9.17) is 4.74 Å². The van der Waals surface area contributed by atoms with Crippen molar-refractivity contribution >= 4 is 23.0 Å². The predicted molar refractivity (Wildman–Crippen MR) is 110 cm³/mol. The fourth-order valence-corrected chi connectivity index (χ4v) is 4.00. The Bertz CT molecular complexity index is 802. The fraction of sp³-hybridized carbons (Fsp3) is 0.409. The molecule has 0 spiro atoms. The number of amides is 1. The Labute approximate surface area is 160 Å². The van der Waals surface area contributed by atoms with E-state index in [0.717, 1.165) is 50.5 Å². The average Bonchev–Trinajstić information content (AvgIpc) is 2.71. The number of anilines is 3. The van der Waals surface area contributed by atoms with Crippen LogP contribution in [-0.2, 0) is 16.0 Å². The van der Waals surface area contributed by atoms with E-state index in [0.29, 0.717) is 12.6 Å². The summed E-state index contributed by atoms with van der Waals surface area (Å²) in [5.41, 5.74) is 4.47. The Hall–Kier alpha value is -2.53. The van der Waals surface area contributed by atoms with Gasteiger partial charge >= 0.3 is 0 Å². The van der Waals surface area contributed by atoms with E-state index in [1.165, 1.54) is 11.3 Å². The second kappa shape index (κ2) is 8.01. The molecule has 5 nitrogen and oxygen atoms in total. The van der Waals surface area contributed by atoms with Gasteiger partial charge in [-0.1, -0.05) is 30.3 Å². The zero-order chi connectivity index (χ0) is 18.6. The largest absolute Gasteiger partial charge is 0.378 e. The van der Waals surface area contributed by atoms with E-state index in [-0.39, 0.29) is 5.91 Å². The van der Waals surface area contributed by atoms with Crippen molar-refractivity contribution in [2.75, 3.05) is 48.0 Å². The van der Waals surface area contributed by atoms with Crippen LogP contribution < -0.4 is 15.1 Å². The molecular weight excluding hydrogens is 338 g/mol. The van der Waals surface area contributed by atoms with Crippen molar-refractivity contribution in [2.24, 2.45) is 0 Å². The molecule has 4 rings (SSSR count). The number of nitrogens with zero attached hydrogens (tertiary/aromatic N) is 2. The van der Waals surface area contributed by atoms with Gasteiger partial charge in [0.2, 0.25) is 5.91 Å². The summed E-state index contributed by atoms with van der Waals surface area (Å²) in [6.45, 7) is 5.72. The van der Waals surface area contributed by atoms with Crippen molar-refractivity contribution in [3.63, 3.8) is 0 Å². The number of nitrogens with one attached hydrogen (secondary N) is 1. The minimum Gasteiger partial charge on any atom is -0.378 e. The van der Waals surface area contributed by atoms with Crippen molar-refractivity contribution < 1.29 is 9.53 Å². The SMILES string of the molecule is CC1CCc2ccccc2N1CC(=O)Nc1ccccc1N1CCOCC1. The highest BCUT2D eigenvalue weighted by molar-refractivity contribution is 5.97. The zero-order valence-corrected chi connectivity index (χ0v) is 15.9. The van der Waals surface area contributed by atoms with E-state index < -0.39 is 0 Å². The van der Waals surface area contributed by atoms with Crippen LogP contribution in [0.15, 0.2) is 48.5 Å². The third kappa shape index (κ3) is 3.93. The number of hydrogen-bond acceptors (Lipinski definition) is 4. The summed E-state index contributed by atoms with van der Waals surface area (Å²) in [6.07, 6.45) is 2.16. The van der Waals surface area contributed by atoms with Gasteiger partial charge in [0.1, 0.15) is 0 Å². The maximum atomic E-state index is 12.9. The zero-order valence-electron chi connectivity index (χ0n) is 15.9. The molecule has 1 saturated heterocycles. The lowest BCUT2D eigenvalue weighted by Crippen LogP contribution is -2.42. The molecule has 27 heavy (non-hydrogen) atoms. The molecular formula is C22H27N3O2. The lowest BCUT2D eigenvalue weighted by molar-refractivity contribution is -0.115. The molecule has 2 aromatic carbocycles. The molecule has 0 aliphatic carbocycles. The number of hydrogen-bond donors (Lipinski definition) is 1. The number of para-hydroxylation sites is 3. The van der Waals surface area contributed by atoms with Crippen LogP contribution in [0.25, 0.3) is 0 Å². The Kier molecular flexibility index (Phi) is 5.30. The predicted octanol–water partition coefficient (Wildman–Crippen LogP) is 3.30. The van der Waals surface area contributed by atoms with Crippen LogP contribution in [0.3, 0.4) is 0 Å². The topological polar surface area (TPSA) is 44.8 Å². The van der Waals surface area contributed by atoms with E-state index in [9.17, 15) is 4.79 Å². The summed E-state index contributed by atoms with van der Waals surface area (Å²) >= 11 is 0. The minimum atomic E-state index is 0.0271. The number of rotatable bonds is 4. The first-order valence-electron chi connectivity index (χ1n) is 9.78. The first-order chi connectivity index (χ1) is 13.2. The van der Waals surface area contributed by atoms with Crippen LogP contribution in [0.4, 0.5) is 17.1 Å². The van der Waals surface area contributed by atoms with Gasteiger partial charge in [0, 0.05) is 24.8 Å². The number of carbonyl (C=O) groups excluding carboxylic acids is 1. The van der Waals surface area contributed by atoms with Crippen molar-refractivity contribution in [2.45, 2.75) is 25.8 Å². The number of benzene rings is 2. The quantitative estimate of drug-likeness (QED) is 0.903. The van der Waals surface area contributed by atoms with Gasteiger partial charge in [-0.05, 0) is 43.5 Å². The molecule has 5 heteroatoms. The standard InChI is InChI=1S/C22H27N3O2/c1-17-10-11-18-6-2-4-8-20(18)25(17)16-22(26)23-19-7-3-5-9-21(19)24-12-14-27-15-13-24/h2-9,17H,10-16H2,1H3,(H,23,26). The minimum absolute atomic E-state index is 0.0271. The molecule has 1 N–H and O–H groups in total. The Balaban J connectivity index is 1.49. The van der Waals surface area contributed by atoms with Gasteiger partial charge in [-0.2, -0.15) is 0 Å². The van der Waals surface area contributed by atoms with Crippen molar-refractivity contribution in [3.05, 3.63) is 54.1 Å². The summed E-state index contributed by atoms with van der Waals surface area (Å²) in [6, 6.07) is 16.8. The Morgan fingerprint density at radius 3 is 2.59 bits per heavy atom. The number of carbonyl (C=O) groups is 1. The number of aryl methyl sites for hydroxylation is 1. The third-order valence-corrected chi connectivity index (χ3v) is 5.51. The van der Waals surface area contributed by atoms with Gasteiger partial charge in [-0.3, -0.25) is 4.79 Å². The van der Waals surface area contributed by atoms with Gasteiger partial charge in [0.15, 0.2) is 0 Å². The van der Waals surface area contributed by atoms with E-state index in [1.807, 2.05) is 18.2 Å². The first-order valence-corrected chi connectivity index (χ1v) is 9.78. The molecule has 142 valence electrons. The molecule has 1 unspecified atom stereocenters. The van der Waals surface area contributed by atoms with E-state index in [2.05, 4.69) is 52.4 Å². The maximum Gasteiger partial charge on any atom is 0.243 e. The van der Waals surface area contributed by atoms with Crippen molar-refractivity contribution in [3.8, 4) is 0 Å². The summed E-state index contributed by atoms with van der Waals surface area (Å²) < 4.78 is 5.45. The second-order valence-electron chi connectivity index (χ2n) is 7.31. The highest BCUT2D eigenvalue weighted by Gasteiger charge is 2.25. The van der Waals surface area contributed by atoms with E-state index in [1.54, 1.807) is 0 Å². The van der Waals surface area contributed by atoms with Gasteiger partial charge in [-0.15, -0.1) is 0 Å². The second-order valence-corrected chi connectivity index (χ2v) is 7.31. The Morgan fingerprint density at radius 1 is 1.07 bits per heavy atom. The van der Waals surface area contributed by atoms with E-state index >= 15 is 0 Å². The number of ether oxygens (including phenoxy) is 1. The van der Waals surface area contributed by atoms with Crippen molar-refractivity contribution in [1.29, 1.82) is 0 Å². The van der Waals surface area contributed by atoms with Crippen LogP contribution in [0.2, 0.25) is 0 Å². The van der Waals surface area contributed by atoms with Crippen LogP contribution >= 0.6 is 0 Å². The molecule has 0 bridgehead atoms. The number of morpholine rings is 1. The monoisotopic (exact) mass is 365 g/mol. The maximum absolute atomic E-state index is 12.9. The fourth-order valence-electron chi connectivity index (χ4n) is 4.00. The molecule has 2 aromatic rings. The summed E-state index contributed by atoms with van der Waals surface area (Å²) in [4.78, 5) is 17.4. The highest BCUT2D eigenvalue weighted by Crippen LogP contribution is 2.31. The third-order valence-electron chi connectivity index (χ3n) is 5.51. The smallest absolute Gasteiger partial charge is 0.243 e. The lowest BCUT2D eigenvalue weighted by atomic mass is 9.96. The van der Waals surface area contributed by atoms with Crippen molar-refractivity contribution in [1.82, 2.24) is 0 Å². The van der Waals surface area contributed by atoms with Gasteiger partial charge in [-0.25, -0.2) is 0 Å². The first kappa shape index (κ1) is 17.9.